The number of nitrogens with one attached hydrogen (secondary N) is 1. The van der Waals surface area contributed by atoms with Crippen LogP contribution < -0.4 is 10.3 Å². The molecule has 2 unspecified atom stereocenters. The number of fused-ring (bicyclic) bond motifs is 3. The molecule has 2 bridgehead atoms. The van der Waals surface area contributed by atoms with Gasteiger partial charge in [0.05, 0.1) is 22.5 Å². The number of ether oxygens (including phenoxy) is 1. The van der Waals surface area contributed by atoms with Crippen molar-refractivity contribution in [2.45, 2.75) is 38.5 Å². The minimum absolute atomic E-state index is 0.00918. The summed E-state index contributed by atoms with van der Waals surface area (Å²) in [4.78, 5) is 43.6. The first kappa shape index (κ1) is 22.4. The number of hydrogen-bond acceptors (Lipinski definition) is 4. The molecule has 3 atom stereocenters. The van der Waals surface area contributed by atoms with Crippen molar-refractivity contribution in [2.24, 2.45) is 0 Å². The minimum Gasteiger partial charge on any atom is -0.481 e. The smallest absolute Gasteiger partial charge is 0.263 e. The zero-order valence-electron chi connectivity index (χ0n) is 18.7. The number of benzene rings is 2. The van der Waals surface area contributed by atoms with E-state index in [1.807, 2.05) is 4.90 Å². The average Bonchev–Trinajstić information content (AvgIpc) is 3.41. The number of carbonyl (C=O) groups excluding carboxylic acids is 2. The first-order valence-corrected chi connectivity index (χ1v) is 11.5. The fraction of sp³-hybridized carbons (Fsp3) is 0.320. The summed E-state index contributed by atoms with van der Waals surface area (Å²) in [7, 11) is 0. The summed E-state index contributed by atoms with van der Waals surface area (Å²) in [5, 5.41) is 1.23. The van der Waals surface area contributed by atoms with Gasteiger partial charge < -0.3 is 19.5 Å². The molecule has 0 spiro atoms. The number of carbonyl (C=O) groups is 2. The van der Waals surface area contributed by atoms with E-state index < -0.39 is 11.9 Å². The van der Waals surface area contributed by atoms with Gasteiger partial charge in [-0.3, -0.25) is 14.4 Å². The van der Waals surface area contributed by atoms with Crippen LogP contribution in [0.5, 0.6) is 5.75 Å². The highest BCUT2D eigenvalue weighted by Crippen LogP contribution is 2.34. The number of pyridine rings is 1. The number of aromatic amines is 1. The average molecular weight is 484 g/mol. The molecule has 9 heteroatoms. The summed E-state index contributed by atoms with van der Waals surface area (Å²) in [6.45, 7) is 4.30. The number of H-pyrrole nitrogens is 1. The number of nitrogens with zero attached hydrogens (tertiary/aromatic N) is 2. The standard InChI is InChI=1S/C25H23ClFN3O4/c1-13(25(33)30-12-16-8-17(30)11-29(16)14(2)31)34-18-4-6-19-21(9-18)24(32)28-10-22(19)20-5-3-15(27)7-23(20)26/h3-7,9-10,13,16-17H,8,11-12H2,1-2H3,(H,28,32)/t13-,16?,17?/m1/s1. The second kappa shape index (κ2) is 8.43. The van der Waals surface area contributed by atoms with Crippen LogP contribution in [0.1, 0.15) is 20.3 Å². The number of amides is 2. The van der Waals surface area contributed by atoms with Crippen molar-refractivity contribution >= 4 is 34.2 Å². The lowest BCUT2D eigenvalue weighted by molar-refractivity contribution is -0.143. The monoisotopic (exact) mass is 483 g/mol. The van der Waals surface area contributed by atoms with Gasteiger partial charge >= 0.3 is 0 Å². The minimum atomic E-state index is -0.753. The summed E-state index contributed by atoms with van der Waals surface area (Å²) < 4.78 is 19.4. The van der Waals surface area contributed by atoms with Crippen molar-refractivity contribution in [1.29, 1.82) is 0 Å². The van der Waals surface area contributed by atoms with Crippen molar-refractivity contribution < 1.29 is 18.7 Å². The Balaban J connectivity index is 1.38. The second-order valence-electron chi connectivity index (χ2n) is 8.83. The lowest BCUT2D eigenvalue weighted by atomic mass is 10.0. The molecule has 34 heavy (non-hydrogen) atoms. The first-order valence-electron chi connectivity index (χ1n) is 11.1. The Labute approximate surface area is 200 Å². The molecule has 2 amide bonds. The van der Waals surface area contributed by atoms with Crippen LogP contribution in [0, 0.1) is 5.82 Å². The van der Waals surface area contributed by atoms with Gasteiger partial charge in [-0.15, -0.1) is 0 Å². The molecule has 2 aliphatic heterocycles. The third-order valence-electron chi connectivity index (χ3n) is 6.68. The molecule has 2 aliphatic rings. The van der Waals surface area contributed by atoms with Gasteiger partial charge in [0.15, 0.2) is 6.10 Å². The summed E-state index contributed by atoms with van der Waals surface area (Å²) in [6, 6.07) is 9.18. The molecule has 2 aromatic carbocycles. The number of aromatic nitrogens is 1. The fourth-order valence-electron chi connectivity index (χ4n) is 5.05. The predicted molar refractivity (Wildman–Crippen MR) is 126 cm³/mol. The van der Waals surface area contributed by atoms with Crippen molar-refractivity contribution in [3.05, 3.63) is 63.8 Å². The van der Waals surface area contributed by atoms with Gasteiger partial charge in [-0.25, -0.2) is 4.39 Å². The topological polar surface area (TPSA) is 82.7 Å². The molecule has 2 saturated heterocycles. The molecule has 176 valence electrons. The van der Waals surface area contributed by atoms with Crippen LogP contribution in [0.2, 0.25) is 5.02 Å². The van der Waals surface area contributed by atoms with E-state index in [-0.39, 0.29) is 34.5 Å². The maximum atomic E-state index is 13.5. The molecule has 1 aromatic heterocycles. The Kier molecular flexibility index (Phi) is 5.56. The van der Waals surface area contributed by atoms with Crippen LogP contribution >= 0.6 is 11.6 Å². The molecule has 5 rings (SSSR count). The summed E-state index contributed by atoms with van der Waals surface area (Å²) in [6.07, 6.45) is 1.58. The summed E-state index contributed by atoms with van der Waals surface area (Å²) in [5.41, 5.74) is 0.922. The van der Waals surface area contributed by atoms with Gasteiger partial charge in [0.1, 0.15) is 11.6 Å². The number of hydrogen-bond donors (Lipinski definition) is 1. The van der Waals surface area contributed by atoms with E-state index >= 15 is 0 Å². The highest BCUT2D eigenvalue weighted by molar-refractivity contribution is 6.33. The molecular formula is C25H23ClFN3O4. The van der Waals surface area contributed by atoms with E-state index in [4.69, 9.17) is 16.3 Å². The van der Waals surface area contributed by atoms with Crippen LogP contribution in [0.15, 0.2) is 47.4 Å². The van der Waals surface area contributed by atoms with E-state index in [1.165, 1.54) is 12.1 Å². The summed E-state index contributed by atoms with van der Waals surface area (Å²) >= 11 is 6.23. The quantitative estimate of drug-likeness (QED) is 0.615. The molecule has 0 aliphatic carbocycles. The van der Waals surface area contributed by atoms with Gasteiger partial charge in [-0.1, -0.05) is 11.6 Å². The van der Waals surface area contributed by atoms with Crippen molar-refractivity contribution in [2.75, 3.05) is 13.1 Å². The lowest BCUT2D eigenvalue weighted by Gasteiger charge is -2.35. The molecular weight excluding hydrogens is 461 g/mol. The zero-order valence-corrected chi connectivity index (χ0v) is 19.4. The Morgan fingerprint density at radius 2 is 1.82 bits per heavy atom. The van der Waals surface area contributed by atoms with Crippen LogP contribution in [0.4, 0.5) is 4.39 Å². The Hall–Kier alpha value is -3.39. The lowest BCUT2D eigenvalue weighted by Crippen LogP contribution is -2.52. The molecule has 2 fully saturated rings. The number of rotatable bonds is 4. The number of likely N-dealkylation sites (tertiary alicyclic amines) is 2. The zero-order chi connectivity index (χ0) is 24.1. The van der Waals surface area contributed by atoms with Gasteiger partial charge in [0.25, 0.3) is 11.5 Å². The Bertz CT molecular complexity index is 1370. The number of piperazine rings is 1. The first-order chi connectivity index (χ1) is 16.2. The van der Waals surface area contributed by atoms with E-state index in [9.17, 15) is 18.8 Å². The highest BCUT2D eigenvalue weighted by Gasteiger charge is 2.47. The highest BCUT2D eigenvalue weighted by atomic mass is 35.5. The third kappa shape index (κ3) is 3.81. The van der Waals surface area contributed by atoms with E-state index in [1.54, 1.807) is 49.2 Å². The van der Waals surface area contributed by atoms with Crippen LogP contribution in [-0.2, 0) is 9.59 Å². The SMILES string of the molecule is CC(=O)N1CC2CC1CN2C(=O)[C@@H](C)Oc1ccc2c(-c3ccc(F)cc3Cl)c[nH]c(=O)c2c1. The fourth-order valence-corrected chi connectivity index (χ4v) is 5.32. The number of halogens is 2. The normalized spacial score (nSPS) is 20.1. The summed E-state index contributed by atoms with van der Waals surface area (Å²) in [5.74, 6) is -0.170. The van der Waals surface area contributed by atoms with Crippen LogP contribution in [-0.4, -0.2) is 57.9 Å². The van der Waals surface area contributed by atoms with Gasteiger partial charge in [-0.2, -0.15) is 0 Å². The second-order valence-corrected chi connectivity index (χ2v) is 9.24. The van der Waals surface area contributed by atoms with Crippen molar-refractivity contribution in [3.63, 3.8) is 0 Å². The molecule has 3 aromatic rings. The molecule has 0 radical (unpaired) electrons. The van der Waals surface area contributed by atoms with Crippen LogP contribution in [0.25, 0.3) is 21.9 Å². The van der Waals surface area contributed by atoms with Gasteiger partial charge in [-0.05, 0) is 55.1 Å². The Morgan fingerprint density at radius 1 is 1.09 bits per heavy atom. The van der Waals surface area contributed by atoms with Gasteiger partial charge in [0, 0.05) is 37.3 Å². The Morgan fingerprint density at radius 3 is 2.50 bits per heavy atom. The maximum absolute atomic E-state index is 13.5. The molecule has 7 nitrogen and oxygen atoms in total. The molecule has 1 N–H and O–H groups in total. The maximum Gasteiger partial charge on any atom is 0.263 e. The van der Waals surface area contributed by atoms with Crippen molar-refractivity contribution in [3.8, 4) is 16.9 Å². The third-order valence-corrected chi connectivity index (χ3v) is 7.00. The van der Waals surface area contributed by atoms with E-state index in [0.717, 1.165) is 6.42 Å². The largest absolute Gasteiger partial charge is 0.481 e. The van der Waals surface area contributed by atoms with E-state index in [0.29, 0.717) is 40.7 Å². The van der Waals surface area contributed by atoms with Crippen LogP contribution in [0.3, 0.4) is 0 Å². The molecule has 0 saturated carbocycles. The molecule has 3 heterocycles. The van der Waals surface area contributed by atoms with E-state index in [2.05, 4.69) is 4.98 Å². The van der Waals surface area contributed by atoms with Crippen molar-refractivity contribution in [1.82, 2.24) is 14.8 Å². The van der Waals surface area contributed by atoms with Gasteiger partial charge in [0.2, 0.25) is 5.91 Å². The predicted octanol–water partition coefficient (Wildman–Crippen LogP) is 3.59.